The van der Waals surface area contributed by atoms with Crippen LogP contribution < -0.4 is 9.80 Å². The highest BCUT2D eigenvalue weighted by Crippen LogP contribution is 2.26. The molecule has 1 aliphatic heterocycles. The Bertz CT molecular complexity index is 1150. The number of halogens is 2. The number of hydrogen-bond acceptors (Lipinski definition) is 5. The molecule has 8 heteroatoms. The molecule has 0 bridgehead atoms. The molecule has 1 aliphatic rings. The average Bonchev–Trinajstić information content (AvgIpc) is 3.19. The molecule has 152 valence electrons. The van der Waals surface area contributed by atoms with Gasteiger partial charge in [-0.05, 0) is 42.0 Å². The van der Waals surface area contributed by atoms with Crippen LogP contribution in [0.5, 0.6) is 0 Å². The number of anilines is 2. The number of fused-ring (bicyclic) bond motifs is 1. The van der Waals surface area contributed by atoms with Crippen molar-refractivity contribution in [2.24, 2.45) is 0 Å². The Labute approximate surface area is 184 Å². The van der Waals surface area contributed by atoms with Crippen molar-refractivity contribution in [3.8, 4) is 0 Å². The van der Waals surface area contributed by atoms with Gasteiger partial charge >= 0.3 is 0 Å². The zero-order valence-electron chi connectivity index (χ0n) is 16.2. The van der Waals surface area contributed by atoms with E-state index in [9.17, 15) is 0 Å². The van der Waals surface area contributed by atoms with E-state index in [0.717, 1.165) is 58.6 Å². The molecule has 2 aromatic heterocycles. The molecule has 5 rings (SSSR count). The molecule has 6 nitrogen and oxygen atoms in total. The second-order valence-corrected chi connectivity index (χ2v) is 8.19. The molecule has 0 aliphatic carbocycles. The molecule has 30 heavy (non-hydrogen) atoms. The minimum absolute atomic E-state index is 0.640. The van der Waals surface area contributed by atoms with E-state index in [1.807, 2.05) is 47.3 Å². The molecule has 0 saturated carbocycles. The number of piperazine rings is 1. The Balaban J connectivity index is 1.34. The van der Waals surface area contributed by atoms with Crippen molar-refractivity contribution in [1.29, 1.82) is 0 Å². The smallest absolute Gasteiger partial charge is 0.163 e. The monoisotopic (exact) mass is 438 g/mol. The molecule has 4 aromatic rings. The SMILES string of the molecule is Clc1ccc(Cn2ncc3c(N4CCN(c5ccc(Cl)cc5)CC4)ncnc32)cc1. The van der Waals surface area contributed by atoms with Gasteiger partial charge in [-0.25, -0.2) is 14.6 Å². The predicted molar refractivity (Wildman–Crippen MR) is 122 cm³/mol. The first-order valence-electron chi connectivity index (χ1n) is 9.84. The van der Waals surface area contributed by atoms with Crippen LogP contribution in [-0.2, 0) is 6.54 Å². The Morgan fingerprint density at radius 3 is 2.10 bits per heavy atom. The highest BCUT2D eigenvalue weighted by molar-refractivity contribution is 6.30. The van der Waals surface area contributed by atoms with Crippen molar-refractivity contribution in [1.82, 2.24) is 19.7 Å². The third-order valence-electron chi connectivity index (χ3n) is 5.43. The van der Waals surface area contributed by atoms with Gasteiger partial charge in [0.25, 0.3) is 0 Å². The molecule has 0 atom stereocenters. The minimum Gasteiger partial charge on any atom is -0.368 e. The lowest BCUT2D eigenvalue weighted by atomic mass is 10.2. The molecule has 2 aromatic carbocycles. The fourth-order valence-electron chi connectivity index (χ4n) is 3.84. The summed E-state index contributed by atoms with van der Waals surface area (Å²) in [5, 5.41) is 7.04. The summed E-state index contributed by atoms with van der Waals surface area (Å²) in [6, 6.07) is 15.8. The van der Waals surface area contributed by atoms with Gasteiger partial charge in [-0.1, -0.05) is 35.3 Å². The zero-order valence-corrected chi connectivity index (χ0v) is 17.8. The number of aromatic nitrogens is 4. The summed E-state index contributed by atoms with van der Waals surface area (Å²) in [6.45, 7) is 4.26. The predicted octanol–water partition coefficient (Wildman–Crippen LogP) is 4.51. The zero-order chi connectivity index (χ0) is 20.5. The van der Waals surface area contributed by atoms with Crippen molar-refractivity contribution in [3.05, 3.63) is 76.7 Å². The minimum atomic E-state index is 0.640. The van der Waals surface area contributed by atoms with Gasteiger partial charge < -0.3 is 9.80 Å². The van der Waals surface area contributed by atoms with Gasteiger partial charge in [0, 0.05) is 41.9 Å². The summed E-state index contributed by atoms with van der Waals surface area (Å²) in [5.74, 6) is 0.943. The largest absolute Gasteiger partial charge is 0.368 e. The van der Waals surface area contributed by atoms with Crippen LogP contribution in [0.4, 0.5) is 11.5 Å². The van der Waals surface area contributed by atoms with Gasteiger partial charge in [-0.15, -0.1) is 0 Å². The maximum Gasteiger partial charge on any atom is 0.163 e. The first kappa shape index (κ1) is 19.2. The van der Waals surface area contributed by atoms with E-state index in [1.165, 1.54) is 5.69 Å². The number of hydrogen-bond donors (Lipinski definition) is 0. The van der Waals surface area contributed by atoms with E-state index in [0.29, 0.717) is 6.54 Å². The Hall–Kier alpha value is -2.83. The summed E-state index contributed by atoms with van der Waals surface area (Å²) in [4.78, 5) is 13.8. The summed E-state index contributed by atoms with van der Waals surface area (Å²) in [7, 11) is 0. The first-order chi connectivity index (χ1) is 14.7. The molecule has 3 heterocycles. The van der Waals surface area contributed by atoms with E-state index < -0.39 is 0 Å². The fraction of sp³-hybridized carbons (Fsp3) is 0.227. The van der Waals surface area contributed by atoms with Crippen LogP contribution in [-0.4, -0.2) is 45.9 Å². The number of nitrogens with zero attached hydrogens (tertiary/aromatic N) is 6. The van der Waals surface area contributed by atoms with Gasteiger partial charge in [0.05, 0.1) is 18.1 Å². The summed E-state index contributed by atoms with van der Waals surface area (Å²) in [6.07, 6.45) is 3.50. The highest BCUT2D eigenvalue weighted by atomic mass is 35.5. The molecule has 0 radical (unpaired) electrons. The van der Waals surface area contributed by atoms with Crippen LogP contribution in [0.3, 0.4) is 0 Å². The van der Waals surface area contributed by atoms with Crippen molar-refractivity contribution in [3.63, 3.8) is 0 Å². The van der Waals surface area contributed by atoms with Crippen molar-refractivity contribution in [2.75, 3.05) is 36.0 Å². The van der Waals surface area contributed by atoms with Gasteiger partial charge in [-0.2, -0.15) is 5.10 Å². The molecule has 0 unspecified atom stereocenters. The van der Waals surface area contributed by atoms with E-state index in [2.05, 4.69) is 37.0 Å². The van der Waals surface area contributed by atoms with Crippen molar-refractivity contribution < 1.29 is 0 Å². The highest BCUT2D eigenvalue weighted by Gasteiger charge is 2.21. The lowest BCUT2D eigenvalue weighted by Crippen LogP contribution is -2.46. The molecule has 1 fully saturated rings. The second kappa shape index (κ2) is 8.13. The maximum absolute atomic E-state index is 6.01. The summed E-state index contributed by atoms with van der Waals surface area (Å²) in [5.41, 5.74) is 3.17. The molecular weight excluding hydrogens is 419 g/mol. The van der Waals surface area contributed by atoms with Gasteiger partial charge in [-0.3, -0.25) is 0 Å². The van der Waals surface area contributed by atoms with Crippen LogP contribution in [0.15, 0.2) is 61.1 Å². The van der Waals surface area contributed by atoms with Crippen molar-refractivity contribution >= 4 is 45.7 Å². The van der Waals surface area contributed by atoms with E-state index in [-0.39, 0.29) is 0 Å². The third kappa shape index (κ3) is 3.80. The molecule has 1 saturated heterocycles. The van der Waals surface area contributed by atoms with Crippen LogP contribution in [0.2, 0.25) is 10.0 Å². The quantitative estimate of drug-likeness (QED) is 0.469. The van der Waals surface area contributed by atoms with Crippen LogP contribution >= 0.6 is 23.2 Å². The van der Waals surface area contributed by atoms with E-state index in [4.69, 9.17) is 23.2 Å². The third-order valence-corrected chi connectivity index (χ3v) is 5.93. The number of benzene rings is 2. The topological polar surface area (TPSA) is 50.1 Å². The summed E-state index contributed by atoms with van der Waals surface area (Å²) < 4.78 is 1.91. The lowest BCUT2D eigenvalue weighted by molar-refractivity contribution is 0.648. The molecular formula is C22H20Cl2N6. The van der Waals surface area contributed by atoms with Crippen LogP contribution in [0, 0.1) is 0 Å². The average molecular weight is 439 g/mol. The van der Waals surface area contributed by atoms with Gasteiger partial charge in [0.15, 0.2) is 5.65 Å². The van der Waals surface area contributed by atoms with E-state index in [1.54, 1.807) is 6.33 Å². The Morgan fingerprint density at radius 2 is 1.40 bits per heavy atom. The van der Waals surface area contributed by atoms with Crippen LogP contribution in [0.1, 0.15) is 5.56 Å². The fourth-order valence-corrected chi connectivity index (χ4v) is 4.09. The second-order valence-electron chi connectivity index (χ2n) is 7.31. The lowest BCUT2D eigenvalue weighted by Gasteiger charge is -2.36. The molecule has 0 amide bonds. The van der Waals surface area contributed by atoms with E-state index >= 15 is 0 Å². The number of rotatable bonds is 4. The van der Waals surface area contributed by atoms with Gasteiger partial charge in [0.1, 0.15) is 12.1 Å². The maximum atomic E-state index is 6.01. The van der Waals surface area contributed by atoms with Gasteiger partial charge in [0.2, 0.25) is 0 Å². The van der Waals surface area contributed by atoms with Crippen molar-refractivity contribution in [2.45, 2.75) is 6.54 Å². The standard InChI is InChI=1S/C22H20Cl2N6/c23-17-3-1-16(2-4-17)14-30-22-20(13-27-30)21(25-15-26-22)29-11-9-28(10-12-29)19-7-5-18(24)6-8-19/h1-8,13,15H,9-12,14H2. The Kier molecular flexibility index (Phi) is 5.19. The molecule has 0 spiro atoms. The summed E-state index contributed by atoms with van der Waals surface area (Å²) >= 11 is 12.0. The first-order valence-corrected chi connectivity index (χ1v) is 10.6. The molecule has 0 N–H and O–H groups in total. The Morgan fingerprint density at radius 1 is 0.767 bits per heavy atom. The van der Waals surface area contributed by atoms with Crippen LogP contribution in [0.25, 0.3) is 11.0 Å². The normalized spacial score (nSPS) is 14.5.